The van der Waals surface area contributed by atoms with Crippen LogP contribution >= 0.6 is 0 Å². The van der Waals surface area contributed by atoms with E-state index in [-0.39, 0.29) is 5.54 Å². The van der Waals surface area contributed by atoms with Crippen LogP contribution in [0, 0.1) is 5.92 Å². The molecule has 0 saturated heterocycles. The number of benzene rings is 1. The van der Waals surface area contributed by atoms with Crippen molar-refractivity contribution in [2.45, 2.75) is 45.1 Å². The summed E-state index contributed by atoms with van der Waals surface area (Å²) in [5.41, 5.74) is 1.43. The molecule has 100 valence electrons. The maximum Gasteiger partial charge on any atom is 0.123 e. The molecule has 0 radical (unpaired) electrons. The van der Waals surface area contributed by atoms with Gasteiger partial charge in [-0.15, -0.1) is 0 Å². The monoisotopic (exact) mass is 247 g/mol. The van der Waals surface area contributed by atoms with E-state index in [4.69, 9.17) is 4.74 Å². The van der Waals surface area contributed by atoms with Crippen LogP contribution in [-0.4, -0.2) is 13.7 Å². The van der Waals surface area contributed by atoms with E-state index in [0.717, 1.165) is 12.3 Å². The summed E-state index contributed by atoms with van der Waals surface area (Å²) in [7, 11) is 1.77. The Bertz CT molecular complexity index is 386. The highest BCUT2D eigenvalue weighted by molar-refractivity contribution is 5.40. The number of methoxy groups -OCH3 is 1. The van der Waals surface area contributed by atoms with Crippen molar-refractivity contribution in [2.24, 2.45) is 5.92 Å². The minimum Gasteiger partial charge on any atom is -0.496 e. The first-order chi connectivity index (χ1) is 8.74. The van der Waals surface area contributed by atoms with Crippen LogP contribution in [0.2, 0.25) is 0 Å². The number of hydrogen-bond donors (Lipinski definition) is 1. The smallest absolute Gasteiger partial charge is 0.123 e. The number of rotatable bonds is 4. The molecule has 1 aliphatic carbocycles. The van der Waals surface area contributed by atoms with Crippen LogP contribution in [0.15, 0.2) is 24.3 Å². The molecule has 2 nitrogen and oxygen atoms in total. The first kappa shape index (κ1) is 13.4. The normalized spacial score (nSPS) is 28.1. The molecule has 1 aromatic carbocycles. The maximum absolute atomic E-state index is 5.58. The van der Waals surface area contributed by atoms with Gasteiger partial charge >= 0.3 is 0 Å². The van der Waals surface area contributed by atoms with Gasteiger partial charge in [0.15, 0.2) is 0 Å². The Labute approximate surface area is 111 Å². The predicted octanol–water partition coefficient (Wildman–Crippen LogP) is 3.71. The minimum absolute atomic E-state index is 0.0968. The van der Waals surface area contributed by atoms with Crippen LogP contribution in [0.1, 0.15) is 45.1 Å². The lowest BCUT2D eigenvalue weighted by atomic mass is 9.69. The largest absolute Gasteiger partial charge is 0.496 e. The highest BCUT2D eigenvalue weighted by atomic mass is 16.5. The maximum atomic E-state index is 5.58. The summed E-state index contributed by atoms with van der Waals surface area (Å²) >= 11 is 0. The van der Waals surface area contributed by atoms with E-state index in [0.29, 0.717) is 5.92 Å². The fraction of sp³-hybridized carbons (Fsp3) is 0.625. The van der Waals surface area contributed by atoms with E-state index >= 15 is 0 Å². The zero-order chi connectivity index (χ0) is 13.0. The molecule has 0 spiro atoms. The van der Waals surface area contributed by atoms with Gasteiger partial charge in [0.25, 0.3) is 0 Å². The molecule has 1 aliphatic rings. The molecule has 1 saturated carbocycles. The van der Waals surface area contributed by atoms with Gasteiger partial charge in [0.2, 0.25) is 0 Å². The standard InChI is InChI=1S/C16H25NO/c1-4-17-16(12-8-7-9-13(16)2)14-10-5-6-11-15(14)18-3/h5-6,10-11,13,17H,4,7-9,12H2,1-3H3/t13?,16-/m1/s1. The van der Waals surface area contributed by atoms with Crippen LogP contribution in [0.3, 0.4) is 0 Å². The second-order valence-corrected chi connectivity index (χ2v) is 5.35. The van der Waals surface area contributed by atoms with Gasteiger partial charge in [-0.3, -0.25) is 0 Å². The van der Waals surface area contributed by atoms with Crippen molar-refractivity contribution in [1.82, 2.24) is 5.32 Å². The van der Waals surface area contributed by atoms with Crippen LogP contribution < -0.4 is 10.1 Å². The summed E-state index contributed by atoms with van der Waals surface area (Å²) in [6.07, 6.45) is 5.16. The average Bonchev–Trinajstić information content (AvgIpc) is 2.42. The summed E-state index contributed by atoms with van der Waals surface area (Å²) < 4.78 is 5.58. The summed E-state index contributed by atoms with van der Waals surface area (Å²) in [6.45, 7) is 5.56. The van der Waals surface area contributed by atoms with Crippen LogP contribution in [0.5, 0.6) is 5.75 Å². The molecule has 2 rings (SSSR count). The topological polar surface area (TPSA) is 21.3 Å². The van der Waals surface area contributed by atoms with E-state index in [2.05, 4.69) is 43.4 Å². The molecular formula is C16H25NO. The summed E-state index contributed by atoms with van der Waals surface area (Å²) in [5.74, 6) is 1.68. The number of para-hydroxylation sites is 1. The lowest BCUT2D eigenvalue weighted by Gasteiger charge is -2.44. The van der Waals surface area contributed by atoms with Crippen LogP contribution in [-0.2, 0) is 5.54 Å². The molecular weight excluding hydrogens is 222 g/mol. The third kappa shape index (κ3) is 2.26. The van der Waals surface area contributed by atoms with Gasteiger partial charge in [0, 0.05) is 11.1 Å². The molecule has 2 atom stereocenters. The minimum atomic E-state index is 0.0968. The fourth-order valence-corrected chi connectivity index (χ4v) is 3.43. The zero-order valence-electron chi connectivity index (χ0n) is 11.8. The zero-order valence-corrected chi connectivity index (χ0v) is 11.8. The fourth-order valence-electron chi connectivity index (χ4n) is 3.43. The average molecular weight is 247 g/mol. The van der Waals surface area contributed by atoms with Crippen molar-refractivity contribution < 1.29 is 4.74 Å². The molecule has 1 N–H and O–H groups in total. The number of ether oxygens (including phenoxy) is 1. The molecule has 0 aromatic heterocycles. The Morgan fingerprint density at radius 2 is 2.11 bits per heavy atom. The van der Waals surface area contributed by atoms with E-state index in [1.165, 1.54) is 31.2 Å². The Kier molecular flexibility index (Phi) is 4.28. The van der Waals surface area contributed by atoms with Gasteiger partial charge in [-0.05, 0) is 31.4 Å². The second kappa shape index (κ2) is 5.75. The Morgan fingerprint density at radius 1 is 1.33 bits per heavy atom. The Morgan fingerprint density at radius 3 is 2.78 bits per heavy atom. The van der Waals surface area contributed by atoms with E-state index in [1.54, 1.807) is 7.11 Å². The van der Waals surface area contributed by atoms with Gasteiger partial charge in [-0.1, -0.05) is 44.9 Å². The van der Waals surface area contributed by atoms with Crippen molar-refractivity contribution in [3.05, 3.63) is 29.8 Å². The Balaban J connectivity index is 2.45. The number of nitrogens with one attached hydrogen (secondary N) is 1. The van der Waals surface area contributed by atoms with Gasteiger partial charge in [0.1, 0.15) is 5.75 Å². The van der Waals surface area contributed by atoms with Crippen molar-refractivity contribution in [1.29, 1.82) is 0 Å². The van der Waals surface area contributed by atoms with Crippen molar-refractivity contribution >= 4 is 0 Å². The van der Waals surface area contributed by atoms with Crippen molar-refractivity contribution in [3.63, 3.8) is 0 Å². The SMILES string of the molecule is CCN[C@]1(c2ccccc2OC)CCCCC1C. The molecule has 0 amide bonds. The molecule has 18 heavy (non-hydrogen) atoms. The molecule has 1 unspecified atom stereocenters. The lowest BCUT2D eigenvalue weighted by Crippen LogP contribution is -2.49. The molecule has 2 heteroatoms. The Hall–Kier alpha value is -1.02. The predicted molar refractivity (Wildman–Crippen MR) is 76.0 cm³/mol. The molecule has 1 aromatic rings. The van der Waals surface area contributed by atoms with Gasteiger partial charge in [-0.2, -0.15) is 0 Å². The van der Waals surface area contributed by atoms with E-state index in [9.17, 15) is 0 Å². The van der Waals surface area contributed by atoms with Crippen molar-refractivity contribution in [3.8, 4) is 5.75 Å². The van der Waals surface area contributed by atoms with Crippen LogP contribution in [0.4, 0.5) is 0 Å². The molecule has 0 heterocycles. The van der Waals surface area contributed by atoms with Gasteiger partial charge < -0.3 is 10.1 Å². The number of hydrogen-bond acceptors (Lipinski definition) is 2. The highest BCUT2D eigenvalue weighted by Crippen LogP contribution is 2.44. The summed E-state index contributed by atoms with van der Waals surface area (Å²) in [4.78, 5) is 0. The quantitative estimate of drug-likeness (QED) is 0.875. The summed E-state index contributed by atoms with van der Waals surface area (Å²) in [6, 6.07) is 8.48. The van der Waals surface area contributed by atoms with Gasteiger partial charge in [0.05, 0.1) is 7.11 Å². The van der Waals surface area contributed by atoms with Crippen molar-refractivity contribution in [2.75, 3.05) is 13.7 Å². The first-order valence-electron chi connectivity index (χ1n) is 7.13. The third-order valence-corrected chi connectivity index (χ3v) is 4.38. The molecule has 0 bridgehead atoms. The van der Waals surface area contributed by atoms with E-state index < -0.39 is 0 Å². The molecule has 0 aliphatic heterocycles. The van der Waals surface area contributed by atoms with Crippen LogP contribution in [0.25, 0.3) is 0 Å². The second-order valence-electron chi connectivity index (χ2n) is 5.35. The summed E-state index contributed by atoms with van der Waals surface area (Å²) in [5, 5.41) is 3.76. The van der Waals surface area contributed by atoms with E-state index in [1.807, 2.05) is 0 Å². The highest BCUT2D eigenvalue weighted by Gasteiger charge is 2.40. The lowest BCUT2D eigenvalue weighted by molar-refractivity contribution is 0.152. The molecule has 1 fully saturated rings. The third-order valence-electron chi connectivity index (χ3n) is 4.38. The van der Waals surface area contributed by atoms with Gasteiger partial charge in [-0.25, -0.2) is 0 Å². The first-order valence-corrected chi connectivity index (χ1v) is 7.13.